The summed E-state index contributed by atoms with van der Waals surface area (Å²) in [6.45, 7) is 1.77. The Bertz CT molecular complexity index is 1230. The van der Waals surface area contributed by atoms with Gasteiger partial charge in [-0.25, -0.2) is 15.0 Å². The van der Waals surface area contributed by atoms with Crippen molar-refractivity contribution in [3.8, 4) is 17.3 Å². The molecule has 1 saturated heterocycles. The second kappa shape index (κ2) is 7.63. The van der Waals surface area contributed by atoms with Gasteiger partial charge < -0.3 is 19.9 Å². The van der Waals surface area contributed by atoms with Crippen molar-refractivity contribution in [3.63, 3.8) is 0 Å². The number of fused-ring (bicyclic) bond motifs is 1. The predicted octanol–water partition coefficient (Wildman–Crippen LogP) is 2.18. The summed E-state index contributed by atoms with van der Waals surface area (Å²) in [4.78, 5) is 19.3. The molecule has 0 bridgehead atoms. The molecule has 1 aliphatic heterocycles. The molecule has 4 aromatic rings. The number of imidazole rings is 1. The fraction of sp³-hybridized carbons (Fsp3) is 0.318. The minimum Gasteiger partial charge on any atom is -0.497 e. The molecule has 1 fully saturated rings. The van der Waals surface area contributed by atoms with Crippen molar-refractivity contribution in [2.24, 2.45) is 0 Å². The van der Waals surface area contributed by atoms with E-state index in [0.717, 1.165) is 54.7 Å². The lowest BCUT2D eigenvalue weighted by Crippen LogP contribution is -2.45. The summed E-state index contributed by atoms with van der Waals surface area (Å²) in [7, 11) is 1.70. The van der Waals surface area contributed by atoms with Gasteiger partial charge in [0.15, 0.2) is 5.82 Å². The SMILES string of the molecule is COc1ccc2c(c1)CC(Nc1nccc(-c3ncc(N4CC(c5cn[nH]n5)C4)[nH]3)n1)C2. The maximum atomic E-state index is 5.35. The first-order chi connectivity index (χ1) is 15.7. The average molecular weight is 429 g/mol. The summed E-state index contributed by atoms with van der Waals surface area (Å²) in [5.41, 5.74) is 4.42. The van der Waals surface area contributed by atoms with Gasteiger partial charge in [-0.15, -0.1) is 0 Å². The zero-order chi connectivity index (χ0) is 21.5. The smallest absolute Gasteiger partial charge is 0.223 e. The number of H-pyrrole nitrogens is 2. The molecule has 10 heteroatoms. The van der Waals surface area contributed by atoms with Crippen LogP contribution in [0.3, 0.4) is 0 Å². The van der Waals surface area contributed by atoms with Crippen LogP contribution in [0.25, 0.3) is 11.5 Å². The Labute approximate surface area is 184 Å². The van der Waals surface area contributed by atoms with E-state index in [1.54, 1.807) is 19.5 Å². The Hall–Kier alpha value is -3.95. The monoisotopic (exact) mass is 429 g/mol. The van der Waals surface area contributed by atoms with Crippen molar-refractivity contribution in [1.82, 2.24) is 35.3 Å². The highest BCUT2D eigenvalue weighted by molar-refractivity contribution is 5.56. The topological polar surface area (TPSA) is 121 Å². The Morgan fingerprint density at radius 3 is 2.84 bits per heavy atom. The van der Waals surface area contributed by atoms with Crippen LogP contribution in [-0.4, -0.2) is 61.6 Å². The number of nitrogens with one attached hydrogen (secondary N) is 3. The van der Waals surface area contributed by atoms with Crippen molar-refractivity contribution in [3.05, 3.63) is 59.7 Å². The number of aromatic amines is 2. The molecule has 2 aliphatic rings. The second-order valence-corrected chi connectivity index (χ2v) is 8.26. The molecule has 162 valence electrons. The number of benzene rings is 1. The predicted molar refractivity (Wildman–Crippen MR) is 119 cm³/mol. The van der Waals surface area contributed by atoms with E-state index in [4.69, 9.17) is 9.72 Å². The lowest BCUT2D eigenvalue weighted by atomic mass is 9.97. The molecule has 6 rings (SSSR count). The van der Waals surface area contributed by atoms with E-state index in [-0.39, 0.29) is 6.04 Å². The molecule has 0 saturated carbocycles. The first-order valence-electron chi connectivity index (χ1n) is 10.7. The summed E-state index contributed by atoms with van der Waals surface area (Å²) < 4.78 is 5.35. The van der Waals surface area contributed by atoms with Crippen LogP contribution in [0.15, 0.2) is 42.9 Å². The molecule has 10 nitrogen and oxygen atoms in total. The standard InChI is InChI=1S/C22H23N9O/c1-32-17-3-2-13-6-16(7-14(13)8-17)26-22-23-5-4-18(27-22)21-24-10-20(28-21)31-11-15(12-31)19-9-25-30-29-19/h2-5,8-10,15-16H,6-7,11-12H2,1H3,(H,24,28)(H,23,26,27)(H,25,29,30). The fourth-order valence-corrected chi connectivity index (χ4v) is 4.44. The Balaban J connectivity index is 1.12. The van der Waals surface area contributed by atoms with Crippen LogP contribution in [0.1, 0.15) is 22.7 Å². The zero-order valence-electron chi connectivity index (χ0n) is 17.6. The summed E-state index contributed by atoms with van der Waals surface area (Å²) in [5, 5.41) is 14.2. The Kier molecular flexibility index (Phi) is 4.48. The van der Waals surface area contributed by atoms with E-state index in [1.165, 1.54) is 11.1 Å². The molecule has 1 atom stereocenters. The third kappa shape index (κ3) is 3.43. The molecule has 4 heterocycles. The van der Waals surface area contributed by atoms with Gasteiger partial charge in [-0.05, 0) is 42.2 Å². The molecule has 0 spiro atoms. The average Bonchev–Trinajstić information content (AvgIpc) is 3.53. The van der Waals surface area contributed by atoms with Crippen molar-refractivity contribution < 1.29 is 4.74 Å². The first kappa shape index (κ1) is 18.8. The van der Waals surface area contributed by atoms with Gasteiger partial charge in [0.1, 0.15) is 17.3 Å². The number of nitrogens with zero attached hydrogens (tertiary/aromatic N) is 6. The number of hydrogen-bond donors (Lipinski definition) is 3. The summed E-state index contributed by atoms with van der Waals surface area (Å²) >= 11 is 0. The van der Waals surface area contributed by atoms with Gasteiger partial charge in [0.25, 0.3) is 0 Å². The minimum absolute atomic E-state index is 0.258. The van der Waals surface area contributed by atoms with E-state index in [2.05, 4.69) is 52.7 Å². The maximum absolute atomic E-state index is 5.35. The normalized spacial score (nSPS) is 17.8. The van der Waals surface area contributed by atoms with Crippen molar-refractivity contribution in [2.45, 2.75) is 24.8 Å². The first-order valence-corrected chi connectivity index (χ1v) is 10.7. The molecule has 1 aromatic carbocycles. The van der Waals surface area contributed by atoms with Crippen LogP contribution >= 0.6 is 0 Å². The van der Waals surface area contributed by atoms with Crippen LogP contribution in [-0.2, 0) is 12.8 Å². The van der Waals surface area contributed by atoms with Gasteiger partial charge in [0.05, 0.1) is 25.2 Å². The molecule has 1 unspecified atom stereocenters. The molecule has 0 amide bonds. The van der Waals surface area contributed by atoms with Gasteiger partial charge in [0, 0.05) is 31.2 Å². The Morgan fingerprint density at radius 2 is 2.00 bits per heavy atom. The number of anilines is 2. The second-order valence-electron chi connectivity index (χ2n) is 8.26. The Morgan fingerprint density at radius 1 is 1.09 bits per heavy atom. The number of aromatic nitrogens is 7. The van der Waals surface area contributed by atoms with Crippen molar-refractivity contribution >= 4 is 11.8 Å². The molecule has 3 aromatic heterocycles. The molecular weight excluding hydrogens is 406 g/mol. The quantitative estimate of drug-likeness (QED) is 0.427. The lowest BCUT2D eigenvalue weighted by Gasteiger charge is -2.38. The molecule has 3 N–H and O–H groups in total. The van der Waals surface area contributed by atoms with E-state index >= 15 is 0 Å². The molecule has 32 heavy (non-hydrogen) atoms. The highest BCUT2D eigenvalue weighted by Crippen LogP contribution is 2.31. The molecule has 0 radical (unpaired) electrons. The van der Waals surface area contributed by atoms with E-state index in [0.29, 0.717) is 11.9 Å². The van der Waals surface area contributed by atoms with Gasteiger partial charge in [-0.1, -0.05) is 6.07 Å². The van der Waals surface area contributed by atoms with Gasteiger partial charge in [-0.2, -0.15) is 15.4 Å². The summed E-state index contributed by atoms with van der Waals surface area (Å²) in [5.74, 6) is 3.61. The summed E-state index contributed by atoms with van der Waals surface area (Å²) in [6, 6.07) is 8.39. The van der Waals surface area contributed by atoms with Gasteiger partial charge in [0.2, 0.25) is 5.95 Å². The maximum Gasteiger partial charge on any atom is 0.223 e. The zero-order valence-corrected chi connectivity index (χ0v) is 17.6. The van der Waals surface area contributed by atoms with Crippen LogP contribution < -0.4 is 15.0 Å². The lowest BCUT2D eigenvalue weighted by molar-refractivity contribution is 0.414. The van der Waals surface area contributed by atoms with Crippen molar-refractivity contribution in [2.75, 3.05) is 30.4 Å². The molecule has 1 aliphatic carbocycles. The van der Waals surface area contributed by atoms with Crippen LogP contribution in [0.2, 0.25) is 0 Å². The van der Waals surface area contributed by atoms with Crippen LogP contribution in [0, 0.1) is 0 Å². The highest BCUT2D eigenvalue weighted by atomic mass is 16.5. The number of ether oxygens (including phenoxy) is 1. The van der Waals surface area contributed by atoms with Crippen LogP contribution in [0.4, 0.5) is 11.8 Å². The van der Waals surface area contributed by atoms with Gasteiger partial charge in [-0.3, -0.25) is 0 Å². The highest BCUT2D eigenvalue weighted by Gasteiger charge is 2.31. The third-order valence-corrected chi connectivity index (χ3v) is 6.21. The summed E-state index contributed by atoms with van der Waals surface area (Å²) in [6.07, 6.45) is 7.27. The van der Waals surface area contributed by atoms with E-state index < -0.39 is 0 Å². The van der Waals surface area contributed by atoms with Crippen LogP contribution in [0.5, 0.6) is 5.75 Å². The van der Waals surface area contributed by atoms with Crippen molar-refractivity contribution in [1.29, 1.82) is 0 Å². The third-order valence-electron chi connectivity index (χ3n) is 6.21. The number of methoxy groups -OCH3 is 1. The fourth-order valence-electron chi connectivity index (χ4n) is 4.44. The largest absolute Gasteiger partial charge is 0.497 e. The van der Waals surface area contributed by atoms with E-state index in [1.807, 2.05) is 18.3 Å². The minimum atomic E-state index is 0.258. The molecular formula is C22H23N9O. The number of rotatable bonds is 6. The van der Waals surface area contributed by atoms with Gasteiger partial charge >= 0.3 is 0 Å². The van der Waals surface area contributed by atoms with E-state index in [9.17, 15) is 0 Å². The number of hydrogen-bond acceptors (Lipinski definition) is 8.